The van der Waals surface area contributed by atoms with Gasteiger partial charge in [0, 0.05) is 32.5 Å². The molecule has 132 valence electrons. The second-order valence-corrected chi connectivity index (χ2v) is 8.43. The zero-order valence-corrected chi connectivity index (χ0v) is 15.4. The normalized spacial score (nSPS) is 36.0. The molecule has 0 aromatic rings. The maximum Gasteiger partial charge on any atom is 0.168 e. The number of ether oxygens (including phenoxy) is 2. The molecule has 0 amide bonds. The Bertz CT molecular complexity index is 410. The molecule has 3 heteroatoms. The first-order valence-electron chi connectivity index (χ1n) is 9.72. The van der Waals surface area contributed by atoms with E-state index in [4.69, 9.17) is 9.47 Å². The van der Waals surface area contributed by atoms with Gasteiger partial charge in [-0.05, 0) is 37.0 Å². The maximum atomic E-state index is 6.41. The van der Waals surface area contributed by atoms with Gasteiger partial charge in [0.05, 0.1) is 12.7 Å². The molecule has 2 aliphatic heterocycles. The molecule has 0 N–H and O–H groups in total. The van der Waals surface area contributed by atoms with Gasteiger partial charge >= 0.3 is 0 Å². The largest absolute Gasteiger partial charge is 0.347 e. The van der Waals surface area contributed by atoms with Crippen LogP contribution in [0.4, 0.5) is 0 Å². The predicted octanol–water partition coefficient (Wildman–Crippen LogP) is 4.38. The van der Waals surface area contributed by atoms with Crippen molar-refractivity contribution in [3.05, 3.63) is 12.2 Å². The van der Waals surface area contributed by atoms with Crippen LogP contribution in [0.25, 0.3) is 0 Å². The third kappa shape index (κ3) is 4.18. The first-order chi connectivity index (χ1) is 11.0. The second-order valence-electron chi connectivity index (χ2n) is 8.43. The molecule has 2 fully saturated rings. The summed E-state index contributed by atoms with van der Waals surface area (Å²) in [7, 11) is 0. The molecule has 1 atom stereocenters. The quantitative estimate of drug-likeness (QED) is 0.702. The molecular weight excluding hydrogens is 286 g/mol. The lowest BCUT2D eigenvalue weighted by molar-refractivity contribution is -0.197. The van der Waals surface area contributed by atoms with E-state index in [0.29, 0.717) is 11.5 Å². The minimum atomic E-state index is -0.243. The number of hydrogen-bond acceptors (Lipinski definition) is 3. The SMILES string of the molecule is CCC(C)(C)C1CCC2(CC1)OCC(CCN1CC=CCC1)O2. The van der Waals surface area contributed by atoms with Crippen LogP contribution in [-0.2, 0) is 9.47 Å². The lowest BCUT2D eigenvalue weighted by atomic mass is 9.68. The first-order valence-corrected chi connectivity index (χ1v) is 9.72. The highest BCUT2D eigenvalue weighted by Gasteiger charge is 2.46. The summed E-state index contributed by atoms with van der Waals surface area (Å²) in [4.78, 5) is 2.52. The third-order valence-electron chi connectivity index (χ3n) is 6.59. The first kappa shape index (κ1) is 17.4. The summed E-state index contributed by atoms with van der Waals surface area (Å²) in [5.74, 6) is 0.580. The van der Waals surface area contributed by atoms with Crippen molar-refractivity contribution in [2.45, 2.75) is 77.6 Å². The molecular formula is C20H35NO2. The van der Waals surface area contributed by atoms with Crippen LogP contribution in [0.1, 0.15) is 65.7 Å². The van der Waals surface area contributed by atoms with Crippen molar-refractivity contribution >= 4 is 0 Å². The van der Waals surface area contributed by atoms with Crippen molar-refractivity contribution in [3.8, 4) is 0 Å². The number of hydrogen-bond donors (Lipinski definition) is 0. The topological polar surface area (TPSA) is 21.7 Å². The maximum absolute atomic E-state index is 6.41. The molecule has 1 aliphatic carbocycles. The summed E-state index contributed by atoms with van der Waals surface area (Å²) in [6, 6.07) is 0. The van der Waals surface area contributed by atoms with Gasteiger partial charge in [-0.1, -0.05) is 39.3 Å². The van der Waals surface area contributed by atoms with Gasteiger partial charge in [0.1, 0.15) is 0 Å². The van der Waals surface area contributed by atoms with Crippen LogP contribution in [0.5, 0.6) is 0 Å². The van der Waals surface area contributed by atoms with Gasteiger partial charge in [0.2, 0.25) is 0 Å². The highest BCUT2D eigenvalue weighted by molar-refractivity contribution is 4.92. The molecule has 0 radical (unpaired) electrons. The molecule has 3 aliphatic rings. The van der Waals surface area contributed by atoms with Crippen LogP contribution in [0.2, 0.25) is 0 Å². The lowest BCUT2D eigenvalue weighted by Gasteiger charge is -2.42. The highest BCUT2D eigenvalue weighted by atomic mass is 16.7. The van der Waals surface area contributed by atoms with E-state index in [0.717, 1.165) is 44.9 Å². The van der Waals surface area contributed by atoms with Gasteiger partial charge in [-0.2, -0.15) is 0 Å². The number of nitrogens with zero attached hydrogens (tertiary/aromatic N) is 1. The summed E-state index contributed by atoms with van der Waals surface area (Å²) in [6.45, 7) is 11.4. The predicted molar refractivity (Wildman–Crippen MR) is 94.4 cm³/mol. The number of rotatable bonds is 5. The monoisotopic (exact) mass is 321 g/mol. The molecule has 3 nitrogen and oxygen atoms in total. The van der Waals surface area contributed by atoms with E-state index >= 15 is 0 Å². The molecule has 1 saturated carbocycles. The third-order valence-corrected chi connectivity index (χ3v) is 6.59. The fourth-order valence-corrected chi connectivity index (χ4v) is 4.37. The molecule has 1 spiro atoms. The second kappa shape index (κ2) is 7.25. The van der Waals surface area contributed by atoms with Crippen LogP contribution in [0.15, 0.2) is 12.2 Å². The molecule has 0 aromatic heterocycles. The molecule has 1 unspecified atom stereocenters. The Morgan fingerprint density at radius 3 is 2.65 bits per heavy atom. The fourth-order valence-electron chi connectivity index (χ4n) is 4.37. The van der Waals surface area contributed by atoms with Crippen molar-refractivity contribution in [1.82, 2.24) is 4.90 Å². The summed E-state index contributed by atoms with van der Waals surface area (Å²) < 4.78 is 12.6. The summed E-state index contributed by atoms with van der Waals surface area (Å²) in [6.07, 6.45) is 13.1. The molecule has 1 saturated heterocycles. The highest BCUT2D eigenvalue weighted by Crippen LogP contribution is 2.47. The molecule has 23 heavy (non-hydrogen) atoms. The molecule has 3 rings (SSSR count). The van der Waals surface area contributed by atoms with E-state index < -0.39 is 0 Å². The smallest absolute Gasteiger partial charge is 0.168 e. The van der Waals surface area contributed by atoms with Gasteiger partial charge in [0.25, 0.3) is 0 Å². The van der Waals surface area contributed by atoms with Crippen LogP contribution in [-0.4, -0.2) is 43.0 Å². The standard InChI is InChI=1S/C20H35NO2/c1-4-19(2,3)17-8-11-20(12-9-17)22-16-18(23-20)10-15-21-13-6-5-7-14-21/h5-6,17-18H,4,7-16H2,1-3H3. The van der Waals surface area contributed by atoms with Gasteiger partial charge in [0.15, 0.2) is 5.79 Å². The van der Waals surface area contributed by atoms with Gasteiger partial charge in [-0.15, -0.1) is 0 Å². The van der Waals surface area contributed by atoms with Crippen molar-refractivity contribution in [1.29, 1.82) is 0 Å². The minimum Gasteiger partial charge on any atom is -0.347 e. The Hall–Kier alpha value is -0.380. The molecule has 0 aromatic carbocycles. The van der Waals surface area contributed by atoms with E-state index in [9.17, 15) is 0 Å². The van der Waals surface area contributed by atoms with Gasteiger partial charge in [-0.25, -0.2) is 0 Å². The summed E-state index contributed by atoms with van der Waals surface area (Å²) in [5, 5.41) is 0. The van der Waals surface area contributed by atoms with E-state index in [1.807, 2.05) is 0 Å². The Balaban J connectivity index is 1.43. The molecule has 2 heterocycles. The average molecular weight is 322 g/mol. The Labute approximate surface area is 142 Å². The van der Waals surface area contributed by atoms with Gasteiger partial charge in [-0.3, -0.25) is 4.90 Å². The van der Waals surface area contributed by atoms with Crippen molar-refractivity contribution in [3.63, 3.8) is 0 Å². The van der Waals surface area contributed by atoms with Crippen molar-refractivity contribution < 1.29 is 9.47 Å². The molecule has 0 bridgehead atoms. The summed E-state index contributed by atoms with van der Waals surface area (Å²) >= 11 is 0. The van der Waals surface area contributed by atoms with Crippen LogP contribution < -0.4 is 0 Å². The van der Waals surface area contributed by atoms with Crippen molar-refractivity contribution in [2.75, 3.05) is 26.2 Å². The Kier molecular flexibility index (Phi) is 5.49. The van der Waals surface area contributed by atoms with Gasteiger partial charge < -0.3 is 9.47 Å². The van der Waals surface area contributed by atoms with E-state index in [-0.39, 0.29) is 5.79 Å². The van der Waals surface area contributed by atoms with Crippen molar-refractivity contribution in [2.24, 2.45) is 11.3 Å². The Morgan fingerprint density at radius 2 is 2.00 bits per heavy atom. The van der Waals surface area contributed by atoms with Crippen LogP contribution >= 0.6 is 0 Å². The minimum absolute atomic E-state index is 0.243. The van der Waals surface area contributed by atoms with Crippen LogP contribution in [0.3, 0.4) is 0 Å². The Morgan fingerprint density at radius 1 is 1.22 bits per heavy atom. The average Bonchev–Trinajstić information content (AvgIpc) is 2.97. The zero-order chi connectivity index (χ0) is 16.3. The van der Waals surface area contributed by atoms with E-state index in [1.54, 1.807) is 0 Å². The van der Waals surface area contributed by atoms with Crippen LogP contribution in [0, 0.1) is 11.3 Å². The zero-order valence-electron chi connectivity index (χ0n) is 15.4. The fraction of sp³-hybridized carbons (Fsp3) is 0.900. The van der Waals surface area contributed by atoms with E-state index in [1.165, 1.54) is 32.2 Å². The summed E-state index contributed by atoms with van der Waals surface area (Å²) in [5.41, 5.74) is 0.460. The lowest BCUT2D eigenvalue weighted by Crippen LogP contribution is -2.39. The van der Waals surface area contributed by atoms with E-state index in [2.05, 4.69) is 37.8 Å².